The van der Waals surface area contributed by atoms with Crippen molar-refractivity contribution in [3.8, 4) is 0 Å². The molecule has 0 aromatic heterocycles. The molecule has 1 N–H and O–H groups in total. The number of benzene rings is 2. The summed E-state index contributed by atoms with van der Waals surface area (Å²) in [5.41, 5.74) is 5.51. The Morgan fingerprint density at radius 2 is 1.70 bits per heavy atom. The molecule has 1 atom stereocenters. The maximum atomic E-state index is 5.97. The van der Waals surface area contributed by atoms with Gasteiger partial charge in [0.2, 0.25) is 0 Å². The molecular formula is C17H20N2O. The molecule has 3 rings (SSSR count). The van der Waals surface area contributed by atoms with Crippen molar-refractivity contribution in [1.29, 1.82) is 0 Å². The fourth-order valence-electron chi connectivity index (χ4n) is 2.58. The minimum absolute atomic E-state index is 0.450. The summed E-state index contributed by atoms with van der Waals surface area (Å²) < 4.78 is 5.97. The van der Waals surface area contributed by atoms with Crippen molar-refractivity contribution in [2.75, 3.05) is 13.2 Å². The van der Waals surface area contributed by atoms with Gasteiger partial charge in [-0.05, 0) is 18.1 Å². The van der Waals surface area contributed by atoms with Crippen LogP contribution in [0.15, 0.2) is 60.7 Å². The van der Waals surface area contributed by atoms with Gasteiger partial charge in [0.15, 0.2) is 5.72 Å². The topological polar surface area (TPSA) is 24.5 Å². The van der Waals surface area contributed by atoms with E-state index in [4.69, 9.17) is 4.74 Å². The van der Waals surface area contributed by atoms with Crippen LogP contribution in [0, 0.1) is 0 Å². The van der Waals surface area contributed by atoms with E-state index in [1.807, 2.05) is 24.3 Å². The van der Waals surface area contributed by atoms with Crippen LogP contribution in [0.1, 0.15) is 18.1 Å². The lowest BCUT2D eigenvalue weighted by Crippen LogP contribution is -2.57. The number of nitrogens with zero attached hydrogens (tertiary/aromatic N) is 1. The molecule has 1 aliphatic heterocycles. The zero-order chi connectivity index (χ0) is 13.8. The van der Waals surface area contributed by atoms with Crippen LogP contribution in [0.3, 0.4) is 0 Å². The van der Waals surface area contributed by atoms with Gasteiger partial charge in [0, 0.05) is 13.1 Å². The van der Waals surface area contributed by atoms with Crippen molar-refractivity contribution in [1.82, 2.24) is 10.4 Å². The number of rotatable bonds is 3. The van der Waals surface area contributed by atoms with E-state index in [-0.39, 0.29) is 0 Å². The first-order valence-electron chi connectivity index (χ1n) is 7.02. The highest BCUT2D eigenvalue weighted by Gasteiger charge is 2.32. The first kappa shape index (κ1) is 13.3. The molecule has 0 radical (unpaired) electrons. The Morgan fingerprint density at radius 3 is 2.40 bits per heavy atom. The van der Waals surface area contributed by atoms with Gasteiger partial charge in [-0.3, -0.25) is 0 Å². The van der Waals surface area contributed by atoms with Gasteiger partial charge < -0.3 is 4.74 Å². The van der Waals surface area contributed by atoms with Gasteiger partial charge in [0.25, 0.3) is 0 Å². The fourth-order valence-corrected chi connectivity index (χ4v) is 2.58. The van der Waals surface area contributed by atoms with Crippen LogP contribution in [0.4, 0.5) is 0 Å². The lowest BCUT2D eigenvalue weighted by Gasteiger charge is -2.42. The molecule has 0 spiro atoms. The summed E-state index contributed by atoms with van der Waals surface area (Å²) in [4.78, 5) is 0. The third kappa shape index (κ3) is 2.90. The van der Waals surface area contributed by atoms with Gasteiger partial charge in [-0.25, -0.2) is 10.4 Å². The molecule has 2 aromatic carbocycles. The van der Waals surface area contributed by atoms with E-state index >= 15 is 0 Å². The second-order valence-corrected chi connectivity index (χ2v) is 5.27. The standard InChI is InChI=1S/C17H20N2O/c1-17(16-10-6-3-7-11-16)18-19(12-13-20-17)14-15-8-4-2-5-9-15/h2-11,18H,12-14H2,1H3. The quantitative estimate of drug-likeness (QED) is 0.926. The third-order valence-corrected chi connectivity index (χ3v) is 3.66. The predicted molar refractivity (Wildman–Crippen MR) is 79.7 cm³/mol. The summed E-state index contributed by atoms with van der Waals surface area (Å²) in [5.74, 6) is 0. The van der Waals surface area contributed by atoms with Crippen LogP contribution >= 0.6 is 0 Å². The van der Waals surface area contributed by atoms with E-state index in [2.05, 4.69) is 53.8 Å². The maximum absolute atomic E-state index is 5.97. The fraction of sp³-hybridized carbons (Fsp3) is 0.294. The van der Waals surface area contributed by atoms with Crippen LogP contribution in [-0.2, 0) is 17.0 Å². The Hall–Kier alpha value is -1.68. The van der Waals surface area contributed by atoms with E-state index in [0.717, 1.165) is 25.3 Å². The minimum atomic E-state index is -0.450. The third-order valence-electron chi connectivity index (χ3n) is 3.66. The van der Waals surface area contributed by atoms with Crippen molar-refractivity contribution >= 4 is 0 Å². The Bertz CT molecular complexity index is 543. The van der Waals surface area contributed by atoms with Crippen LogP contribution in [0.5, 0.6) is 0 Å². The van der Waals surface area contributed by atoms with Crippen LogP contribution < -0.4 is 5.43 Å². The molecule has 3 heteroatoms. The molecule has 1 saturated heterocycles. The van der Waals surface area contributed by atoms with E-state index in [9.17, 15) is 0 Å². The molecule has 3 nitrogen and oxygen atoms in total. The average molecular weight is 268 g/mol. The van der Waals surface area contributed by atoms with Crippen LogP contribution in [0.25, 0.3) is 0 Å². The summed E-state index contributed by atoms with van der Waals surface area (Å²) in [6.07, 6.45) is 0. The molecule has 1 aliphatic rings. The summed E-state index contributed by atoms with van der Waals surface area (Å²) in [6, 6.07) is 20.8. The van der Waals surface area contributed by atoms with Crippen molar-refractivity contribution < 1.29 is 4.74 Å². The maximum Gasteiger partial charge on any atom is 0.154 e. The Labute approximate surface area is 120 Å². The van der Waals surface area contributed by atoms with Gasteiger partial charge in [-0.15, -0.1) is 0 Å². The molecule has 1 heterocycles. The van der Waals surface area contributed by atoms with E-state index in [0.29, 0.717) is 0 Å². The molecule has 104 valence electrons. The molecule has 20 heavy (non-hydrogen) atoms. The zero-order valence-corrected chi connectivity index (χ0v) is 11.8. The largest absolute Gasteiger partial charge is 0.354 e. The molecule has 1 fully saturated rings. The van der Waals surface area contributed by atoms with Crippen molar-refractivity contribution in [2.45, 2.75) is 19.2 Å². The van der Waals surface area contributed by atoms with Gasteiger partial charge >= 0.3 is 0 Å². The molecule has 0 saturated carbocycles. The highest BCUT2D eigenvalue weighted by Crippen LogP contribution is 2.25. The second-order valence-electron chi connectivity index (χ2n) is 5.27. The number of nitrogens with one attached hydrogen (secondary N) is 1. The van der Waals surface area contributed by atoms with E-state index in [1.54, 1.807) is 0 Å². The Morgan fingerprint density at radius 1 is 1.05 bits per heavy atom. The highest BCUT2D eigenvalue weighted by atomic mass is 16.5. The monoisotopic (exact) mass is 268 g/mol. The molecule has 2 aromatic rings. The van der Waals surface area contributed by atoms with Gasteiger partial charge in [-0.1, -0.05) is 60.7 Å². The smallest absolute Gasteiger partial charge is 0.154 e. The molecule has 0 amide bonds. The summed E-state index contributed by atoms with van der Waals surface area (Å²) in [6.45, 7) is 4.58. The van der Waals surface area contributed by atoms with E-state index in [1.165, 1.54) is 5.56 Å². The lowest BCUT2D eigenvalue weighted by molar-refractivity contribution is -0.161. The highest BCUT2D eigenvalue weighted by molar-refractivity contribution is 5.21. The summed E-state index contributed by atoms with van der Waals surface area (Å²) >= 11 is 0. The minimum Gasteiger partial charge on any atom is -0.354 e. The molecular weight excluding hydrogens is 248 g/mol. The zero-order valence-electron chi connectivity index (χ0n) is 11.8. The first-order chi connectivity index (χ1) is 9.76. The number of hydrogen-bond donors (Lipinski definition) is 1. The normalized spacial score (nSPS) is 23.6. The van der Waals surface area contributed by atoms with Gasteiger partial charge in [0.1, 0.15) is 0 Å². The number of ether oxygens (including phenoxy) is 1. The summed E-state index contributed by atoms with van der Waals surface area (Å²) in [5, 5.41) is 2.23. The van der Waals surface area contributed by atoms with Crippen molar-refractivity contribution in [3.63, 3.8) is 0 Å². The van der Waals surface area contributed by atoms with Crippen LogP contribution in [0.2, 0.25) is 0 Å². The Kier molecular flexibility index (Phi) is 3.83. The summed E-state index contributed by atoms with van der Waals surface area (Å²) in [7, 11) is 0. The van der Waals surface area contributed by atoms with Crippen LogP contribution in [-0.4, -0.2) is 18.2 Å². The molecule has 0 bridgehead atoms. The second kappa shape index (κ2) is 5.75. The van der Waals surface area contributed by atoms with E-state index < -0.39 is 5.72 Å². The van der Waals surface area contributed by atoms with Gasteiger partial charge in [0.05, 0.1) is 6.61 Å². The molecule has 0 aliphatic carbocycles. The Balaban J connectivity index is 1.73. The number of hydrogen-bond acceptors (Lipinski definition) is 3. The predicted octanol–water partition coefficient (Wildman–Crippen LogP) is 2.90. The van der Waals surface area contributed by atoms with Gasteiger partial charge in [-0.2, -0.15) is 0 Å². The molecule has 1 unspecified atom stereocenters. The lowest BCUT2D eigenvalue weighted by atomic mass is 10.0. The SMILES string of the molecule is CC1(c2ccccc2)NN(Cc2ccccc2)CCO1. The first-order valence-corrected chi connectivity index (χ1v) is 7.02. The average Bonchev–Trinajstić information content (AvgIpc) is 2.49. The van der Waals surface area contributed by atoms with Crippen molar-refractivity contribution in [3.05, 3.63) is 71.8 Å². The van der Waals surface area contributed by atoms with Crippen molar-refractivity contribution in [2.24, 2.45) is 0 Å². The number of hydrazine groups is 1.